The Morgan fingerprint density at radius 3 is 2.21 bits per heavy atom. The summed E-state index contributed by atoms with van der Waals surface area (Å²) in [5.74, 6) is -1.87. The first-order chi connectivity index (χ1) is 13.5. The van der Waals surface area contributed by atoms with Gasteiger partial charge in [0, 0.05) is 16.3 Å². The molecule has 2 aromatic carbocycles. The van der Waals surface area contributed by atoms with Crippen molar-refractivity contribution in [3.63, 3.8) is 0 Å². The molecule has 0 radical (unpaired) electrons. The SMILES string of the molecule is O=C(NCc1ccc(F)cc1)C(=O)NCc1ccc(C(O)c2ccccc2)s1. The second kappa shape index (κ2) is 9.25. The zero-order valence-electron chi connectivity index (χ0n) is 14.9. The van der Waals surface area contributed by atoms with Gasteiger partial charge in [0.15, 0.2) is 0 Å². The molecule has 0 spiro atoms. The summed E-state index contributed by atoms with van der Waals surface area (Å²) in [4.78, 5) is 25.4. The van der Waals surface area contributed by atoms with Crippen molar-refractivity contribution in [2.45, 2.75) is 19.2 Å². The van der Waals surface area contributed by atoms with E-state index in [1.165, 1.54) is 23.5 Å². The van der Waals surface area contributed by atoms with Gasteiger partial charge in [-0.2, -0.15) is 0 Å². The van der Waals surface area contributed by atoms with E-state index in [9.17, 15) is 19.1 Å². The van der Waals surface area contributed by atoms with Crippen LogP contribution in [0.15, 0.2) is 66.7 Å². The first-order valence-corrected chi connectivity index (χ1v) is 9.46. The minimum Gasteiger partial charge on any atom is -0.383 e. The van der Waals surface area contributed by atoms with Gasteiger partial charge in [0.1, 0.15) is 11.9 Å². The lowest BCUT2D eigenvalue weighted by atomic mass is 10.1. The van der Waals surface area contributed by atoms with E-state index in [1.54, 1.807) is 18.2 Å². The molecule has 0 bridgehead atoms. The lowest BCUT2D eigenvalue weighted by molar-refractivity contribution is -0.139. The number of halogens is 1. The second-order valence-electron chi connectivity index (χ2n) is 6.11. The summed E-state index contributed by atoms with van der Waals surface area (Å²) >= 11 is 1.37. The quantitative estimate of drug-likeness (QED) is 0.559. The highest BCUT2D eigenvalue weighted by atomic mass is 32.1. The summed E-state index contributed by atoms with van der Waals surface area (Å²) in [5, 5.41) is 15.4. The van der Waals surface area contributed by atoms with Crippen LogP contribution in [0.1, 0.15) is 27.0 Å². The fraction of sp³-hybridized carbons (Fsp3) is 0.143. The Kier molecular flexibility index (Phi) is 6.52. The minimum atomic E-state index is -0.759. The molecule has 1 heterocycles. The first kappa shape index (κ1) is 19.7. The van der Waals surface area contributed by atoms with Crippen molar-refractivity contribution in [1.82, 2.24) is 10.6 Å². The summed E-state index contributed by atoms with van der Waals surface area (Å²) in [6, 6.07) is 18.6. The number of thiophene rings is 1. The van der Waals surface area contributed by atoms with E-state index in [2.05, 4.69) is 10.6 Å². The Labute approximate surface area is 165 Å². The number of rotatable bonds is 6. The van der Waals surface area contributed by atoms with Gasteiger partial charge in [0.05, 0.1) is 6.54 Å². The Morgan fingerprint density at radius 1 is 0.893 bits per heavy atom. The van der Waals surface area contributed by atoms with E-state index < -0.39 is 17.9 Å². The molecule has 0 aliphatic heterocycles. The number of benzene rings is 2. The molecular formula is C21H19FN2O3S. The van der Waals surface area contributed by atoms with Crippen LogP contribution in [0.2, 0.25) is 0 Å². The van der Waals surface area contributed by atoms with Crippen molar-refractivity contribution in [1.29, 1.82) is 0 Å². The maximum atomic E-state index is 12.9. The molecule has 0 saturated heterocycles. The van der Waals surface area contributed by atoms with Crippen LogP contribution < -0.4 is 10.6 Å². The summed E-state index contributed by atoms with van der Waals surface area (Å²) in [5.41, 5.74) is 1.49. The van der Waals surface area contributed by atoms with Crippen LogP contribution in [0.3, 0.4) is 0 Å². The van der Waals surface area contributed by atoms with Gasteiger partial charge in [-0.1, -0.05) is 42.5 Å². The highest BCUT2D eigenvalue weighted by molar-refractivity contribution is 7.12. The topological polar surface area (TPSA) is 78.4 Å². The van der Waals surface area contributed by atoms with E-state index in [1.807, 2.05) is 36.4 Å². The summed E-state index contributed by atoms with van der Waals surface area (Å²) in [6.07, 6.45) is -0.727. The van der Waals surface area contributed by atoms with Crippen LogP contribution in [0.25, 0.3) is 0 Å². The van der Waals surface area contributed by atoms with Crippen LogP contribution >= 0.6 is 11.3 Å². The zero-order valence-corrected chi connectivity index (χ0v) is 15.7. The van der Waals surface area contributed by atoms with Crippen LogP contribution in [0.5, 0.6) is 0 Å². The summed E-state index contributed by atoms with van der Waals surface area (Å²) in [7, 11) is 0. The molecule has 1 unspecified atom stereocenters. The molecule has 5 nitrogen and oxygen atoms in total. The van der Waals surface area contributed by atoms with Gasteiger partial charge in [-0.15, -0.1) is 11.3 Å². The summed E-state index contributed by atoms with van der Waals surface area (Å²) in [6.45, 7) is 0.327. The van der Waals surface area contributed by atoms with Crippen molar-refractivity contribution in [3.05, 3.63) is 93.4 Å². The average molecular weight is 398 g/mol. The Balaban J connectivity index is 1.48. The molecule has 144 valence electrons. The molecule has 0 saturated carbocycles. The first-order valence-electron chi connectivity index (χ1n) is 8.65. The van der Waals surface area contributed by atoms with E-state index in [4.69, 9.17) is 0 Å². The number of carbonyl (C=O) groups is 2. The van der Waals surface area contributed by atoms with Gasteiger partial charge < -0.3 is 15.7 Å². The Morgan fingerprint density at radius 2 is 1.54 bits per heavy atom. The average Bonchev–Trinajstić information content (AvgIpc) is 3.20. The highest BCUT2D eigenvalue weighted by Crippen LogP contribution is 2.28. The monoisotopic (exact) mass is 398 g/mol. The van der Waals surface area contributed by atoms with Crippen LogP contribution in [-0.4, -0.2) is 16.9 Å². The lowest BCUT2D eigenvalue weighted by Gasteiger charge is -2.08. The minimum absolute atomic E-state index is 0.138. The van der Waals surface area contributed by atoms with Crippen molar-refractivity contribution in [3.8, 4) is 0 Å². The number of amides is 2. The molecule has 3 aromatic rings. The Hall–Kier alpha value is -3.03. The van der Waals surface area contributed by atoms with Crippen molar-refractivity contribution in [2.75, 3.05) is 0 Å². The van der Waals surface area contributed by atoms with Gasteiger partial charge in [-0.05, 0) is 35.4 Å². The molecular weight excluding hydrogens is 379 g/mol. The predicted molar refractivity (Wildman–Crippen MR) is 105 cm³/mol. The van der Waals surface area contributed by atoms with Crippen LogP contribution in [0.4, 0.5) is 4.39 Å². The van der Waals surface area contributed by atoms with Gasteiger partial charge in [-0.3, -0.25) is 9.59 Å². The number of aliphatic hydroxyl groups excluding tert-OH is 1. The molecule has 1 aromatic heterocycles. The molecule has 3 N–H and O–H groups in total. The van der Waals surface area contributed by atoms with E-state index >= 15 is 0 Å². The van der Waals surface area contributed by atoms with Gasteiger partial charge >= 0.3 is 11.8 Å². The van der Waals surface area contributed by atoms with E-state index in [0.717, 1.165) is 15.3 Å². The highest BCUT2D eigenvalue weighted by Gasteiger charge is 2.15. The smallest absolute Gasteiger partial charge is 0.309 e. The third-order valence-electron chi connectivity index (χ3n) is 4.06. The molecule has 7 heteroatoms. The van der Waals surface area contributed by atoms with Gasteiger partial charge in [0.25, 0.3) is 0 Å². The third-order valence-corrected chi connectivity index (χ3v) is 5.20. The van der Waals surface area contributed by atoms with Gasteiger partial charge in [0.2, 0.25) is 0 Å². The molecule has 3 rings (SSSR count). The number of carbonyl (C=O) groups excluding carboxylic acids is 2. The van der Waals surface area contributed by atoms with Crippen molar-refractivity contribution < 1.29 is 19.1 Å². The fourth-order valence-corrected chi connectivity index (χ4v) is 3.52. The third kappa shape index (κ3) is 5.25. The Bertz CT molecular complexity index is 942. The van der Waals surface area contributed by atoms with Crippen LogP contribution in [-0.2, 0) is 22.7 Å². The number of hydrogen-bond donors (Lipinski definition) is 3. The second-order valence-corrected chi connectivity index (χ2v) is 7.31. The van der Waals surface area contributed by atoms with E-state index in [-0.39, 0.29) is 18.9 Å². The lowest BCUT2D eigenvalue weighted by Crippen LogP contribution is -2.39. The number of nitrogens with one attached hydrogen (secondary N) is 2. The number of hydrogen-bond acceptors (Lipinski definition) is 4. The van der Waals surface area contributed by atoms with Crippen molar-refractivity contribution in [2.24, 2.45) is 0 Å². The molecule has 2 amide bonds. The molecule has 0 fully saturated rings. The molecule has 1 atom stereocenters. The fourth-order valence-electron chi connectivity index (χ4n) is 2.55. The molecule has 0 aliphatic rings. The predicted octanol–water partition coefficient (Wildman–Crippen LogP) is 2.90. The van der Waals surface area contributed by atoms with Gasteiger partial charge in [-0.25, -0.2) is 4.39 Å². The number of aliphatic hydroxyl groups is 1. The normalized spacial score (nSPS) is 11.6. The maximum absolute atomic E-state index is 12.9. The summed E-state index contributed by atoms with van der Waals surface area (Å²) < 4.78 is 12.9. The van der Waals surface area contributed by atoms with E-state index in [0.29, 0.717) is 5.56 Å². The standard InChI is InChI=1S/C21H19FN2O3S/c22-16-8-6-14(7-9-16)12-23-20(26)21(27)24-13-17-10-11-18(28-17)19(25)15-4-2-1-3-5-15/h1-11,19,25H,12-13H2,(H,23,26)(H,24,27). The van der Waals surface area contributed by atoms with Crippen LogP contribution in [0, 0.1) is 5.82 Å². The largest absolute Gasteiger partial charge is 0.383 e. The molecule has 0 aliphatic carbocycles. The maximum Gasteiger partial charge on any atom is 0.309 e. The van der Waals surface area contributed by atoms with Crippen molar-refractivity contribution >= 4 is 23.2 Å². The zero-order chi connectivity index (χ0) is 19.9. The molecule has 28 heavy (non-hydrogen) atoms.